The van der Waals surface area contributed by atoms with Crippen LogP contribution in [0.15, 0.2) is 23.7 Å². The maximum atomic E-state index is 13.5. The van der Waals surface area contributed by atoms with E-state index >= 15 is 0 Å². The van der Waals surface area contributed by atoms with Crippen LogP contribution in [0.5, 0.6) is 0 Å². The number of ketones is 2. The summed E-state index contributed by atoms with van der Waals surface area (Å²) in [5.41, 5.74) is -11.5. The second kappa shape index (κ2) is 35.8. The average molecular weight is 1670 g/mol. The summed E-state index contributed by atoms with van der Waals surface area (Å²) in [6, 6.07) is 0. The largest absolute Gasteiger partial charge is 0.510 e. The molecule has 36 nitrogen and oxygen atoms in total. The van der Waals surface area contributed by atoms with Crippen LogP contribution in [0, 0.1) is 0 Å². The molecule has 16 atom stereocenters. The quantitative estimate of drug-likeness (QED) is 0.0599. The molecule has 2 aliphatic carbocycles. The second-order valence-electron chi connectivity index (χ2n) is 30.5. The smallest absolute Gasteiger partial charge is 0.496 e. The molecule has 38 heteroatoms. The summed E-state index contributed by atoms with van der Waals surface area (Å²) in [4.78, 5) is 154. The van der Waals surface area contributed by atoms with Crippen molar-refractivity contribution in [2.75, 3.05) is 41.7 Å². The van der Waals surface area contributed by atoms with Gasteiger partial charge in [-0.25, -0.2) is 38.4 Å². The number of alkyl halides is 2. The van der Waals surface area contributed by atoms with E-state index in [0.717, 1.165) is 54.4 Å². The molecule has 0 aromatic rings. The minimum absolute atomic E-state index is 0.452. The maximum absolute atomic E-state index is 13.5. The first-order valence-electron chi connectivity index (χ1n) is 33.8. The van der Waals surface area contributed by atoms with Crippen molar-refractivity contribution in [3.8, 4) is 0 Å². The fourth-order valence-corrected chi connectivity index (χ4v) is 12.8. The van der Waals surface area contributed by atoms with Crippen LogP contribution in [0.2, 0.25) is 0 Å². The van der Waals surface area contributed by atoms with Crippen molar-refractivity contribution < 1.29 is 171 Å². The Bertz CT molecular complexity index is 3080. The van der Waals surface area contributed by atoms with Crippen LogP contribution in [0.25, 0.3) is 0 Å². The Morgan fingerprint density at radius 2 is 0.682 bits per heavy atom. The van der Waals surface area contributed by atoms with E-state index in [1.54, 1.807) is 125 Å². The second-order valence-corrected chi connectivity index (χ2v) is 32.3. The van der Waals surface area contributed by atoms with Crippen LogP contribution in [-0.4, -0.2) is 241 Å². The van der Waals surface area contributed by atoms with E-state index in [4.69, 9.17) is 114 Å². The number of carbonyl (C=O) groups excluding carboxylic acids is 12. The van der Waals surface area contributed by atoms with Crippen molar-refractivity contribution in [2.45, 2.75) is 299 Å². The van der Waals surface area contributed by atoms with Gasteiger partial charge in [-0.2, -0.15) is 0 Å². The highest BCUT2D eigenvalue weighted by atomic mass is 79.9. The predicted molar refractivity (Wildman–Crippen MR) is 368 cm³/mol. The van der Waals surface area contributed by atoms with Crippen LogP contribution in [0.4, 0.5) is 38.4 Å². The van der Waals surface area contributed by atoms with Gasteiger partial charge >= 0.3 is 61.2 Å². The molecule has 4 saturated heterocycles. The number of unbranched alkanes of at least 4 members (excludes halogenated alkanes) is 2. The lowest BCUT2D eigenvalue weighted by Crippen LogP contribution is -2.81. The van der Waals surface area contributed by atoms with E-state index in [0.29, 0.717) is 0 Å². The van der Waals surface area contributed by atoms with E-state index in [2.05, 4.69) is 45.7 Å². The lowest BCUT2D eigenvalue weighted by atomic mass is 9.72. The number of ether oxygens (including phenoxy) is 24. The van der Waals surface area contributed by atoms with Crippen LogP contribution < -0.4 is 0 Å². The van der Waals surface area contributed by atoms with E-state index in [9.17, 15) is 57.5 Å². The van der Waals surface area contributed by atoms with Crippen LogP contribution >= 0.6 is 31.9 Å². The summed E-state index contributed by atoms with van der Waals surface area (Å²) in [5, 5.41) is 0. The fraction of sp³-hybridized carbons (Fsp3) is 0.768. The molecule has 0 amide bonds. The first-order valence-corrected chi connectivity index (χ1v) is 35.6. The average Bonchev–Trinajstić information content (AvgIpc) is 0.692. The minimum Gasteiger partial charge on any atom is -0.496 e. The number of fused-ring (bicyclic) bond motifs is 4. The molecule has 4 fully saturated rings. The zero-order chi connectivity index (χ0) is 81.9. The first kappa shape index (κ1) is 91.7. The summed E-state index contributed by atoms with van der Waals surface area (Å²) >= 11 is 6.41. The Hall–Kier alpha value is -7.68. The van der Waals surface area contributed by atoms with Gasteiger partial charge in [0.1, 0.15) is 68.7 Å². The number of halogens is 2. The minimum atomic E-state index is -2.59. The van der Waals surface area contributed by atoms with Gasteiger partial charge in [-0.05, 0) is 125 Å². The molecule has 608 valence electrons. The summed E-state index contributed by atoms with van der Waals surface area (Å²) in [7, 11) is 4.35. The van der Waals surface area contributed by atoms with Gasteiger partial charge in [0, 0.05) is 40.2 Å². The number of methoxy groups -OCH3 is 4. The van der Waals surface area contributed by atoms with Gasteiger partial charge < -0.3 is 114 Å². The normalized spacial score (nSPS) is 29.7. The Morgan fingerprint density at radius 3 is 0.907 bits per heavy atom. The molecule has 6 rings (SSSR count). The highest BCUT2D eigenvalue weighted by Crippen LogP contribution is 2.56. The standard InChI is InChI=1S/2C32H45BrO18.C5H12/c2*1-15(34)47-32(41-12)22(33)16(35)13-18(40-11)31(32)23-21(46-27(39)51-31)20(45-26(38)50-30(8,9)10)19(44-25(37)49-29(5,6)7)17(43-23)14-42-24(36)48-28(2,3)4;1-3-5-4-2/h2*13,17,19-23H,14H2,1-12H3;3-5H2,1-2H3/t2*17-,19-,20+,21-,22+,23-,31-,32-;/m11./s1. The lowest BCUT2D eigenvalue weighted by Gasteiger charge is -2.58. The van der Waals surface area contributed by atoms with Crippen molar-refractivity contribution in [1.29, 1.82) is 0 Å². The Morgan fingerprint density at radius 1 is 0.421 bits per heavy atom. The van der Waals surface area contributed by atoms with Crippen molar-refractivity contribution in [3.05, 3.63) is 23.7 Å². The van der Waals surface area contributed by atoms with Crippen LogP contribution in [0.1, 0.15) is 172 Å². The van der Waals surface area contributed by atoms with E-state index in [1.807, 2.05) is 0 Å². The molecule has 107 heavy (non-hydrogen) atoms. The van der Waals surface area contributed by atoms with E-state index < -0.39 is 225 Å². The third kappa shape index (κ3) is 23.2. The fourth-order valence-electron chi connectivity index (χ4n) is 11.3. The molecule has 0 unspecified atom stereocenters. The van der Waals surface area contributed by atoms with Crippen LogP contribution in [0.3, 0.4) is 0 Å². The van der Waals surface area contributed by atoms with E-state index in [-0.39, 0.29) is 0 Å². The monoisotopic (exact) mass is 1660 g/mol. The number of carbonyl (C=O) groups is 12. The third-order valence-electron chi connectivity index (χ3n) is 14.8. The Labute approximate surface area is 637 Å². The molecule has 6 aliphatic rings. The molecule has 0 bridgehead atoms. The Kier molecular flexibility index (Phi) is 30.7. The SMILES string of the molecule is CCCCC.COC1=CC(=O)[C@H](Br)[C@@](OC)(OC(C)=O)[C@@]12OC(=O)O[C@@H]1[C@@H](OC(=O)OC(C)(C)C)[C@H](OC(=O)OC(C)(C)C)[C@@H](COC(=O)OC(C)(C)C)O[C@H]12.COC1=CC(=O)[C@H](Br)[C@@](OC)(OC(C)=O)[C@@]12OC(=O)O[C@@H]1[C@@H](OC(=O)OC(C)(C)C)[C@H](OC(=O)OC(C)(C)C)[C@@H](COC(=O)OC(C)(C)C)O[C@H]12. The predicted octanol–water partition coefficient (Wildman–Crippen LogP) is 11.0. The molecule has 4 aliphatic heterocycles. The van der Waals surface area contributed by atoms with Crippen LogP contribution in [-0.2, 0) is 133 Å². The Balaban J connectivity index is 0.000000425. The summed E-state index contributed by atoms with van der Waals surface area (Å²) in [6.45, 7) is 33.1. The summed E-state index contributed by atoms with van der Waals surface area (Å²) in [5.74, 6) is -9.58. The van der Waals surface area contributed by atoms with Gasteiger partial charge in [0.15, 0.2) is 71.9 Å². The molecule has 4 heterocycles. The molecule has 2 spiro atoms. The molecular formula is C69H102Br2O36. The summed E-state index contributed by atoms with van der Waals surface area (Å²) < 4.78 is 135. The van der Waals surface area contributed by atoms with Crippen molar-refractivity contribution in [1.82, 2.24) is 0 Å². The number of esters is 2. The van der Waals surface area contributed by atoms with E-state index in [1.165, 1.54) is 19.3 Å². The van der Waals surface area contributed by atoms with Gasteiger partial charge in [0.25, 0.3) is 22.8 Å². The molecule has 0 aromatic carbocycles. The van der Waals surface area contributed by atoms with Gasteiger partial charge in [-0.1, -0.05) is 65.0 Å². The van der Waals surface area contributed by atoms with Crippen molar-refractivity contribution >= 4 is 105 Å². The number of hydrogen-bond donors (Lipinski definition) is 0. The number of allylic oxidation sites excluding steroid dienone is 2. The first-order chi connectivity index (χ1) is 49.0. The van der Waals surface area contributed by atoms with Gasteiger partial charge in [0.05, 0.1) is 14.2 Å². The number of hydrogen-bond acceptors (Lipinski definition) is 36. The third-order valence-corrected chi connectivity index (χ3v) is 17.0. The molecule has 0 N–H and O–H groups in total. The summed E-state index contributed by atoms with van der Waals surface area (Å²) in [6.07, 6.45) is -22.4. The lowest BCUT2D eigenvalue weighted by molar-refractivity contribution is -0.367. The van der Waals surface area contributed by atoms with Crippen molar-refractivity contribution in [2.24, 2.45) is 0 Å². The topological polar surface area (TPSA) is 426 Å². The number of rotatable bonds is 16. The molecule has 0 radical (unpaired) electrons. The highest BCUT2D eigenvalue weighted by Gasteiger charge is 2.81. The molecule has 0 saturated carbocycles. The van der Waals surface area contributed by atoms with Gasteiger partial charge in [0.2, 0.25) is 0 Å². The maximum Gasteiger partial charge on any atom is 0.510 e. The van der Waals surface area contributed by atoms with Crippen molar-refractivity contribution in [3.63, 3.8) is 0 Å². The zero-order valence-electron chi connectivity index (χ0n) is 65.1. The zero-order valence-corrected chi connectivity index (χ0v) is 68.2. The highest BCUT2D eigenvalue weighted by molar-refractivity contribution is 9.10. The molecule has 0 aromatic heterocycles. The molecular weight excluding hydrogens is 1560 g/mol. The van der Waals surface area contributed by atoms with Gasteiger partial charge in [-0.3, -0.25) is 19.2 Å². The van der Waals surface area contributed by atoms with Gasteiger partial charge in [-0.15, -0.1) is 0 Å².